The zero-order chi connectivity index (χ0) is 8.74. The predicted octanol–water partition coefficient (Wildman–Crippen LogP) is 3.21. The minimum atomic E-state index is 0.304. The Balaban J connectivity index is 3.23. The summed E-state index contributed by atoms with van der Waals surface area (Å²) in [5, 5.41) is 0. The van der Waals surface area contributed by atoms with E-state index < -0.39 is 0 Å². The van der Waals surface area contributed by atoms with Gasteiger partial charge < -0.3 is 0 Å². The maximum absolute atomic E-state index is 3.46. The first kappa shape index (κ1) is 11.3. The second-order valence-electron chi connectivity index (χ2n) is 3.54. The number of hydrogen-bond acceptors (Lipinski definition) is 2. The largest absolute Gasteiger partial charge is 0.259 e. The van der Waals surface area contributed by atoms with Crippen LogP contribution in [-0.2, 0) is 0 Å². The Kier molecular flexibility index (Phi) is 6.06. The van der Waals surface area contributed by atoms with Crippen molar-refractivity contribution in [3.05, 3.63) is 0 Å². The molecule has 0 amide bonds. The van der Waals surface area contributed by atoms with Crippen molar-refractivity contribution in [2.24, 2.45) is 0 Å². The van der Waals surface area contributed by atoms with Gasteiger partial charge in [0.1, 0.15) is 0 Å². The lowest BCUT2D eigenvalue weighted by molar-refractivity contribution is 0.464. The summed E-state index contributed by atoms with van der Waals surface area (Å²) in [6, 6.07) is 0. The summed E-state index contributed by atoms with van der Waals surface area (Å²) in [6.45, 7) is 8.93. The Morgan fingerprint density at radius 2 is 1.91 bits per heavy atom. The monoisotopic (exact) mass is 175 g/mol. The minimum absolute atomic E-state index is 0.304. The summed E-state index contributed by atoms with van der Waals surface area (Å²) in [5.41, 5.74) is 0.304. The maximum Gasteiger partial charge on any atom is 0.0224 e. The van der Waals surface area contributed by atoms with Gasteiger partial charge in [-0.25, -0.2) is 0 Å². The Labute approximate surface area is 75.5 Å². The van der Waals surface area contributed by atoms with E-state index in [1.165, 1.54) is 25.0 Å². The quantitative estimate of drug-likeness (QED) is 0.491. The molecule has 68 valence electrons. The molecule has 0 aliphatic carbocycles. The van der Waals surface area contributed by atoms with Crippen molar-refractivity contribution in [1.29, 1.82) is 0 Å². The maximum atomic E-state index is 3.46. The highest BCUT2D eigenvalue weighted by Gasteiger charge is 2.12. The molecule has 0 spiro atoms. The lowest BCUT2D eigenvalue weighted by atomic mass is 10.0. The van der Waals surface area contributed by atoms with Crippen molar-refractivity contribution >= 4 is 11.9 Å². The molecule has 0 aliphatic rings. The topological polar surface area (TPSA) is 12.0 Å². The van der Waals surface area contributed by atoms with Crippen LogP contribution in [0.2, 0.25) is 0 Å². The molecule has 0 saturated heterocycles. The molecule has 0 bridgehead atoms. The molecule has 11 heavy (non-hydrogen) atoms. The highest BCUT2D eigenvalue weighted by molar-refractivity contribution is 7.97. The van der Waals surface area contributed by atoms with Crippen LogP contribution < -0.4 is 4.72 Å². The lowest BCUT2D eigenvalue weighted by Crippen LogP contribution is -2.33. The molecular weight excluding hydrogens is 154 g/mol. The summed E-state index contributed by atoms with van der Waals surface area (Å²) in [7, 11) is 0. The standard InChI is InChI=1S/C9H21NS/c1-5-7-8-11-10-9(3,4)6-2/h10H,5-8H2,1-4H3. The van der Waals surface area contributed by atoms with Gasteiger partial charge in [-0.05, 0) is 26.7 Å². The van der Waals surface area contributed by atoms with Crippen LogP contribution in [0.1, 0.15) is 47.0 Å². The van der Waals surface area contributed by atoms with Crippen LogP contribution in [0.5, 0.6) is 0 Å². The molecule has 0 rings (SSSR count). The van der Waals surface area contributed by atoms with E-state index in [9.17, 15) is 0 Å². The molecule has 0 saturated carbocycles. The van der Waals surface area contributed by atoms with Gasteiger partial charge in [-0.3, -0.25) is 4.72 Å². The molecule has 1 N–H and O–H groups in total. The van der Waals surface area contributed by atoms with Gasteiger partial charge in [0.25, 0.3) is 0 Å². The van der Waals surface area contributed by atoms with E-state index in [0.29, 0.717) is 5.54 Å². The first-order chi connectivity index (χ1) is 5.12. The number of nitrogens with one attached hydrogen (secondary N) is 1. The highest BCUT2D eigenvalue weighted by Crippen LogP contribution is 2.12. The Morgan fingerprint density at radius 1 is 1.27 bits per heavy atom. The van der Waals surface area contributed by atoms with Gasteiger partial charge in [-0.15, -0.1) is 0 Å². The van der Waals surface area contributed by atoms with E-state index in [2.05, 4.69) is 32.4 Å². The molecule has 0 fully saturated rings. The average molecular weight is 175 g/mol. The molecule has 0 aliphatic heterocycles. The zero-order valence-electron chi connectivity index (χ0n) is 8.24. The van der Waals surface area contributed by atoms with E-state index in [4.69, 9.17) is 0 Å². The summed E-state index contributed by atoms with van der Waals surface area (Å²) in [5.74, 6) is 1.24. The normalized spacial score (nSPS) is 12.0. The van der Waals surface area contributed by atoms with Gasteiger partial charge in [-0.2, -0.15) is 0 Å². The second-order valence-corrected chi connectivity index (χ2v) is 4.44. The van der Waals surface area contributed by atoms with Crippen molar-refractivity contribution in [3.63, 3.8) is 0 Å². The van der Waals surface area contributed by atoms with Crippen LogP contribution in [0.3, 0.4) is 0 Å². The van der Waals surface area contributed by atoms with Crippen LogP contribution in [0.25, 0.3) is 0 Å². The minimum Gasteiger partial charge on any atom is -0.259 e. The first-order valence-electron chi connectivity index (χ1n) is 4.51. The third-order valence-electron chi connectivity index (χ3n) is 1.83. The van der Waals surface area contributed by atoms with Gasteiger partial charge in [0.2, 0.25) is 0 Å². The van der Waals surface area contributed by atoms with Gasteiger partial charge >= 0.3 is 0 Å². The molecule has 0 atom stereocenters. The first-order valence-corrected chi connectivity index (χ1v) is 5.50. The van der Waals surface area contributed by atoms with E-state index in [0.717, 1.165) is 0 Å². The lowest BCUT2D eigenvalue weighted by Gasteiger charge is -2.23. The van der Waals surface area contributed by atoms with Crippen molar-refractivity contribution < 1.29 is 0 Å². The number of rotatable bonds is 6. The van der Waals surface area contributed by atoms with Crippen LogP contribution in [0.4, 0.5) is 0 Å². The molecule has 0 aromatic heterocycles. The summed E-state index contributed by atoms with van der Waals surface area (Å²) in [4.78, 5) is 0. The van der Waals surface area contributed by atoms with Crippen molar-refractivity contribution in [2.45, 2.75) is 52.5 Å². The summed E-state index contributed by atoms with van der Waals surface area (Å²) >= 11 is 1.86. The molecule has 0 heterocycles. The van der Waals surface area contributed by atoms with E-state index in [-0.39, 0.29) is 0 Å². The van der Waals surface area contributed by atoms with Crippen molar-refractivity contribution in [1.82, 2.24) is 4.72 Å². The highest BCUT2D eigenvalue weighted by atomic mass is 32.2. The smallest absolute Gasteiger partial charge is 0.0224 e. The number of hydrogen-bond donors (Lipinski definition) is 1. The molecule has 0 radical (unpaired) electrons. The predicted molar refractivity (Wildman–Crippen MR) is 54.9 cm³/mol. The van der Waals surface area contributed by atoms with E-state index in [1.807, 2.05) is 11.9 Å². The summed E-state index contributed by atoms with van der Waals surface area (Å²) < 4.78 is 3.46. The molecular formula is C9H21NS. The zero-order valence-corrected chi connectivity index (χ0v) is 9.05. The van der Waals surface area contributed by atoms with Crippen molar-refractivity contribution in [2.75, 3.05) is 5.75 Å². The molecule has 0 aromatic rings. The van der Waals surface area contributed by atoms with Crippen LogP contribution in [-0.4, -0.2) is 11.3 Å². The van der Waals surface area contributed by atoms with E-state index >= 15 is 0 Å². The third-order valence-corrected chi connectivity index (χ3v) is 3.02. The SMILES string of the molecule is CCCCSNC(C)(C)CC. The fourth-order valence-electron chi connectivity index (χ4n) is 0.535. The Hall–Kier alpha value is 0.310. The van der Waals surface area contributed by atoms with Gasteiger partial charge in [0.05, 0.1) is 0 Å². The fraction of sp³-hybridized carbons (Fsp3) is 1.00. The average Bonchev–Trinajstić information content (AvgIpc) is 1.99. The van der Waals surface area contributed by atoms with Crippen LogP contribution >= 0.6 is 11.9 Å². The molecule has 0 aromatic carbocycles. The summed E-state index contributed by atoms with van der Waals surface area (Å²) in [6.07, 6.45) is 3.80. The Morgan fingerprint density at radius 3 is 2.36 bits per heavy atom. The number of unbranched alkanes of at least 4 members (excludes halogenated alkanes) is 1. The van der Waals surface area contributed by atoms with Gasteiger partial charge in [0, 0.05) is 11.3 Å². The Bertz CT molecular complexity index is 91.6. The molecule has 2 heteroatoms. The van der Waals surface area contributed by atoms with Gasteiger partial charge in [-0.1, -0.05) is 32.2 Å². The van der Waals surface area contributed by atoms with Crippen molar-refractivity contribution in [3.8, 4) is 0 Å². The molecule has 1 nitrogen and oxygen atoms in total. The fourth-order valence-corrected chi connectivity index (χ4v) is 1.61. The third kappa shape index (κ3) is 6.70. The second kappa shape index (κ2) is 5.90. The molecule has 0 unspecified atom stereocenters. The van der Waals surface area contributed by atoms with Crippen LogP contribution in [0, 0.1) is 0 Å². The van der Waals surface area contributed by atoms with Gasteiger partial charge in [0.15, 0.2) is 0 Å². The van der Waals surface area contributed by atoms with Crippen LogP contribution in [0.15, 0.2) is 0 Å². The van der Waals surface area contributed by atoms with E-state index in [1.54, 1.807) is 0 Å².